The Labute approximate surface area is 208 Å². The Morgan fingerprint density at radius 3 is 1.57 bits per heavy atom. The lowest BCUT2D eigenvalue weighted by atomic mass is 9.86. The predicted octanol–water partition coefficient (Wildman–Crippen LogP) is 8.53. The van der Waals surface area contributed by atoms with Crippen molar-refractivity contribution in [3.63, 3.8) is 0 Å². The van der Waals surface area contributed by atoms with E-state index in [9.17, 15) is 4.79 Å². The van der Waals surface area contributed by atoms with E-state index in [4.69, 9.17) is 5.11 Å². The summed E-state index contributed by atoms with van der Waals surface area (Å²) in [6.07, 6.45) is 2.75. The molecular formula is C32H31NO2. The van der Waals surface area contributed by atoms with Crippen LogP contribution in [-0.4, -0.2) is 11.1 Å². The van der Waals surface area contributed by atoms with Crippen molar-refractivity contribution in [3.8, 4) is 11.1 Å². The van der Waals surface area contributed by atoms with E-state index in [0.29, 0.717) is 0 Å². The van der Waals surface area contributed by atoms with Crippen molar-refractivity contribution in [3.05, 3.63) is 120 Å². The zero-order valence-electron chi connectivity index (χ0n) is 20.7. The summed E-state index contributed by atoms with van der Waals surface area (Å²) in [4.78, 5) is 13.0. The molecule has 4 rings (SSSR count). The lowest BCUT2D eigenvalue weighted by Crippen LogP contribution is -2.10. The Hall–Kier alpha value is -4.11. The lowest BCUT2D eigenvalue weighted by molar-refractivity contribution is -0.131. The van der Waals surface area contributed by atoms with E-state index >= 15 is 0 Å². The van der Waals surface area contributed by atoms with Crippen LogP contribution in [0.25, 0.3) is 17.2 Å². The highest BCUT2D eigenvalue weighted by Crippen LogP contribution is 2.36. The average molecular weight is 462 g/mol. The molecule has 0 aliphatic carbocycles. The molecule has 35 heavy (non-hydrogen) atoms. The molecule has 0 atom stereocenters. The van der Waals surface area contributed by atoms with E-state index in [1.54, 1.807) is 6.08 Å². The molecule has 0 aliphatic heterocycles. The van der Waals surface area contributed by atoms with Gasteiger partial charge in [-0.1, -0.05) is 87.0 Å². The summed E-state index contributed by atoms with van der Waals surface area (Å²) in [5, 5.41) is 8.90. The first-order valence-electron chi connectivity index (χ1n) is 11.8. The minimum Gasteiger partial charge on any atom is -0.478 e. The Kier molecular flexibility index (Phi) is 6.88. The summed E-state index contributed by atoms with van der Waals surface area (Å²) in [5.41, 5.74) is 8.99. The Morgan fingerprint density at radius 1 is 0.686 bits per heavy atom. The van der Waals surface area contributed by atoms with Gasteiger partial charge in [-0.2, -0.15) is 0 Å². The van der Waals surface area contributed by atoms with Gasteiger partial charge in [0.25, 0.3) is 0 Å². The molecule has 1 N–H and O–H groups in total. The zero-order chi connectivity index (χ0) is 25.0. The van der Waals surface area contributed by atoms with Gasteiger partial charge >= 0.3 is 5.97 Å². The third-order valence-corrected chi connectivity index (χ3v) is 6.07. The standard InChI is InChI=1S/C32H31NO2/c1-23-5-16-28(17-6-23)33(29-18-7-24(8-19-29)9-22-31(34)35)30-20-12-26(13-21-30)25-10-14-27(15-11-25)32(2,3)4/h5-22H,1-4H3,(H,34,35). The molecule has 0 aliphatic rings. The van der Waals surface area contributed by atoms with Crippen molar-refractivity contribution >= 4 is 29.1 Å². The van der Waals surface area contributed by atoms with Gasteiger partial charge in [-0.05, 0) is 77.1 Å². The minimum absolute atomic E-state index is 0.135. The molecule has 0 amide bonds. The highest BCUT2D eigenvalue weighted by atomic mass is 16.4. The molecule has 3 nitrogen and oxygen atoms in total. The van der Waals surface area contributed by atoms with Crippen molar-refractivity contribution in [2.24, 2.45) is 0 Å². The summed E-state index contributed by atoms with van der Waals surface area (Å²) in [6, 6.07) is 33.8. The average Bonchev–Trinajstić information content (AvgIpc) is 2.85. The van der Waals surface area contributed by atoms with Crippen LogP contribution in [0.1, 0.15) is 37.5 Å². The first kappa shape index (κ1) is 24.0. The van der Waals surface area contributed by atoms with Gasteiger partial charge in [0.1, 0.15) is 0 Å². The molecule has 0 radical (unpaired) electrons. The van der Waals surface area contributed by atoms with Gasteiger partial charge in [0, 0.05) is 23.1 Å². The summed E-state index contributed by atoms with van der Waals surface area (Å²) < 4.78 is 0. The van der Waals surface area contributed by atoms with Crippen molar-refractivity contribution in [1.82, 2.24) is 0 Å². The highest BCUT2D eigenvalue weighted by molar-refractivity contribution is 5.85. The van der Waals surface area contributed by atoms with Crippen LogP contribution in [0, 0.1) is 6.92 Å². The molecule has 0 bridgehead atoms. The summed E-state index contributed by atoms with van der Waals surface area (Å²) in [6.45, 7) is 8.76. The number of anilines is 3. The number of nitrogens with zero attached hydrogens (tertiary/aromatic N) is 1. The third kappa shape index (κ3) is 5.88. The van der Waals surface area contributed by atoms with Crippen LogP contribution in [0.5, 0.6) is 0 Å². The molecule has 4 aromatic carbocycles. The molecule has 0 fully saturated rings. The maximum atomic E-state index is 10.8. The summed E-state index contributed by atoms with van der Waals surface area (Å²) >= 11 is 0. The molecule has 0 unspecified atom stereocenters. The second-order valence-electron chi connectivity index (χ2n) is 9.81. The number of carbonyl (C=O) groups is 1. The van der Waals surface area contributed by atoms with Gasteiger partial charge in [-0.25, -0.2) is 4.79 Å². The third-order valence-electron chi connectivity index (χ3n) is 6.07. The smallest absolute Gasteiger partial charge is 0.328 e. The van der Waals surface area contributed by atoms with Gasteiger partial charge < -0.3 is 10.0 Å². The zero-order valence-corrected chi connectivity index (χ0v) is 20.7. The Balaban J connectivity index is 1.67. The van der Waals surface area contributed by atoms with Gasteiger partial charge in [-0.15, -0.1) is 0 Å². The molecule has 0 saturated carbocycles. The molecule has 0 heterocycles. The quantitative estimate of drug-likeness (QED) is 0.293. The van der Waals surface area contributed by atoms with E-state index in [1.807, 2.05) is 24.3 Å². The number of hydrogen-bond donors (Lipinski definition) is 1. The van der Waals surface area contributed by atoms with E-state index < -0.39 is 5.97 Å². The van der Waals surface area contributed by atoms with Crippen LogP contribution in [0.2, 0.25) is 0 Å². The largest absolute Gasteiger partial charge is 0.478 e. The van der Waals surface area contributed by atoms with Gasteiger partial charge in [0.2, 0.25) is 0 Å². The molecule has 3 heteroatoms. The maximum Gasteiger partial charge on any atom is 0.328 e. The second-order valence-corrected chi connectivity index (χ2v) is 9.81. The Morgan fingerprint density at radius 2 is 1.11 bits per heavy atom. The normalized spacial score (nSPS) is 11.5. The van der Waals surface area contributed by atoms with Crippen LogP contribution in [-0.2, 0) is 10.2 Å². The van der Waals surface area contributed by atoms with E-state index in [1.165, 1.54) is 22.3 Å². The minimum atomic E-state index is -0.955. The fourth-order valence-electron chi connectivity index (χ4n) is 4.01. The van der Waals surface area contributed by atoms with Crippen LogP contribution in [0.4, 0.5) is 17.1 Å². The van der Waals surface area contributed by atoms with Gasteiger partial charge in [0.05, 0.1) is 0 Å². The van der Waals surface area contributed by atoms with Crippen molar-refractivity contribution in [2.45, 2.75) is 33.1 Å². The number of carboxylic acid groups (broad SMARTS) is 1. The van der Waals surface area contributed by atoms with E-state index in [0.717, 1.165) is 28.7 Å². The van der Waals surface area contributed by atoms with Crippen LogP contribution >= 0.6 is 0 Å². The van der Waals surface area contributed by atoms with Crippen molar-refractivity contribution < 1.29 is 9.90 Å². The monoisotopic (exact) mass is 461 g/mol. The molecule has 176 valence electrons. The molecule has 0 saturated heterocycles. The molecule has 0 aromatic heterocycles. The van der Waals surface area contributed by atoms with Crippen LogP contribution in [0.15, 0.2) is 103 Å². The topological polar surface area (TPSA) is 40.5 Å². The molecular weight excluding hydrogens is 430 g/mol. The highest BCUT2D eigenvalue weighted by Gasteiger charge is 2.14. The Bertz CT molecular complexity index is 1310. The first-order chi connectivity index (χ1) is 16.7. The van der Waals surface area contributed by atoms with Crippen molar-refractivity contribution in [1.29, 1.82) is 0 Å². The fraction of sp³-hybridized carbons (Fsp3) is 0.156. The van der Waals surface area contributed by atoms with Crippen molar-refractivity contribution in [2.75, 3.05) is 4.90 Å². The first-order valence-corrected chi connectivity index (χ1v) is 11.8. The van der Waals surface area contributed by atoms with Gasteiger partial charge in [0.15, 0.2) is 0 Å². The van der Waals surface area contributed by atoms with Crippen LogP contribution < -0.4 is 4.90 Å². The van der Waals surface area contributed by atoms with Crippen LogP contribution in [0.3, 0.4) is 0 Å². The number of rotatable bonds is 6. The second kappa shape index (κ2) is 10.0. The number of aliphatic carboxylic acids is 1. The maximum absolute atomic E-state index is 10.8. The molecule has 0 spiro atoms. The summed E-state index contributed by atoms with van der Waals surface area (Å²) in [7, 11) is 0. The number of aryl methyl sites for hydroxylation is 1. The number of benzene rings is 4. The van der Waals surface area contributed by atoms with E-state index in [-0.39, 0.29) is 5.41 Å². The summed E-state index contributed by atoms with van der Waals surface area (Å²) in [5.74, 6) is -0.955. The number of carboxylic acids is 1. The lowest BCUT2D eigenvalue weighted by Gasteiger charge is -2.26. The fourth-order valence-corrected chi connectivity index (χ4v) is 4.01. The predicted molar refractivity (Wildman–Crippen MR) is 147 cm³/mol. The van der Waals surface area contributed by atoms with E-state index in [2.05, 4.69) is 105 Å². The molecule has 4 aromatic rings. The number of hydrogen-bond acceptors (Lipinski definition) is 2. The SMILES string of the molecule is Cc1ccc(N(c2ccc(C=CC(=O)O)cc2)c2ccc(-c3ccc(C(C)(C)C)cc3)cc2)cc1. The van der Waals surface area contributed by atoms with Gasteiger partial charge in [-0.3, -0.25) is 0 Å².